The van der Waals surface area contributed by atoms with Crippen molar-refractivity contribution in [3.05, 3.63) is 57.8 Å². The lowest BCUT2D eigenvalue weighted by Crippen LogP contribution is -2.48. The van der Waals surface area contributed by atoms with Crippen LogP contribution < -0.4 is 10.6 Å². The molecule has 1 aliphatic rings. The topological polar surface area (TPSA) is 66.0 Å². The lowest BCUT2D eigenvalue weighted by Gasteiger charge is -2.35. The van der Waals surface area contributed by atoms with Crippen molar-refractivity contribution >= 4 is 47.2 Å². The van der Waals surface area contributed by atoms with E-state index in [0.717, 1.165) is 24.6 Å². The first kappa shape index (κ1) is 26.6. The molecular weight excluding hydrogens is 535 g/mol. The van der Waals surface area contributed by atoms with Crippen LogP contribution in [-0.2, 0) is 11.3 Å². The van der Waals surface area contributed by atoms with Gasteiger partial charge in [-0.15, -0.1) is 24.0 Å². The molecule has 3 atom stereocenters. The van der Waals surface area contributed by atoms with Gasteiger partial charge in [-0.05, 0) is 66.8 Å². The minimum absolute atomic E-state index is 0. The highest BCUT2D eigenvalue weighted by Crippen LogP contribution is 2.17. The molecule has 0 spiro atoms. The predicted molar refractivity (Wildman–Crippen MR) is 143 cm³/mol. The molecule has 0 radical (unpaired) electrons. The van der Waals surface area contributed by atoms with E-state index in [9.17, 15) is 4.79 Å². The number of ether oxygens (including phenoxy) is 1. The van der Waals surface area contributed by atoms with Gasteiger partial charge in [-0.2, -0.15) is 11.3 Å². The number of nitrogens with one attached hydrogen (secondary N) is 2. The molecule has 0 bridgehead atoms. The van der Waals surface area contributed by atoms with Crippen molar-refractivity contribution in [1.82, 2.24) is 15.5 Å². The van der Waals surface area contributed by atoms with E-state index in [1.165, 1.54) is 5.56 Å². The molecule has 32 heavy (non-hydrogen) atoms. The lowest BCUT2D eigenvalue weighted by atomic mass is 10.1. The van der Waals surface area contributed by atoms with Crippen LogP contribution in [0.1, 0.15) is 55.1 Å². The summed E-state index contributed by atoms with van der Waals surface area (Å²) in [7, 11) is 0. The molecule has 1 fully saturated rings. The summed E-state index contributed by atoms with van der Waals surface area (Å²) in [5.41, 5.74) is 3.13. The summed E-state index contributed by atoms with van der Waals surface area (Å²) in [6.45, 7) is 11.8. The molecule has 0 saturated carbocycles. The molecule has 2 heterocycles. The van der Waals surface area contributed by atoms with E-state index >= 15 is 0 Å². The maximum Gasteiger partial charge on any atom is 0.254 e. The van der Waals surface area contributed by atoms with Crippen LogP contribution in [0.3, 0.4) is 0 Å². The van der Waals surface area contributed by atoms with Gasteiger partial charge in [0.25, 0.3) is 5.91 Å². The number of amides is 1. The van der Waals surface area contributed by atoms with E-state index in [0.29, 0.717) is 31.1 Å². The van der Waals surface area contributed by atoms with Gasteiger partial charge in [-0.25, -0.2) is 4.99 Å². The number of thiophene rings is 1. The quantitative estimate of drug-likeness (QED) is 0.293. The number of rotatable bonds is 7. The van der Waals surface area contributed by atoms with Crippen LogP contribution >= 0.6 is 35.3 Å². The number of nitrogens with zero attached hydrogens (tertiary/aromatic N) is 2. The molecule has 8 heteroatoms. The normalized spacial score (nSPS) is 19.8. The molecule has 1 amide bonds. The van der Waals surface area contributed by atoms with Crippen molar-refractivity contribution in [2.45, 2.75) is 52.4 Å². The Morgan fingerprint density at radius 3 is 2.47 bits per heavy atom. The zero-order valence-electron chi connectivity index (χ0n) is 19.3. The fraction of sp³-hybridized carbons (Fsp3) is 0.500. The first-order valence-corrected chi connectivity index (χ1v) is 12.0. The van der Waals surface area contributed by atoms with Gasteiger partial charge in [0.05, 0.1) is 18.8 Å². The summed E-state index contributed by atoms with van der Waals surface area (Å²) in [4.78, 5) is 19.4. The number of morpholine rings is 1. The fourth-order valence-electron chi connectivity index (χ4n) is 3.71. The van der Waals surface area contributed by atoms with E-state index in [1.807, 2.05) is 43.0 Å². The number of guanidine groups is 1. The van der Waals surface area contributed by atoms with Crippen LogP contribution in [0, 0.1) is 0 Å². The van der Waals surface area contributed by atoms with E-state index in [1.54, 1.807) is 11.3 Å². The van der Waals surface area contributed by atoms with Crippen molar-refractivity contribution in [3.63, 3.8) is 0 Å². The first-order chi connectivity index (χ1) is 15.0. The zero-order chi connectivity index (χ0) is 22.2. The molecule has 2 aromatic rings. The van der Waals surface area contributed by atoms with Crippen molar-refractivity contribution < 1.29 is 9.53 Å². The van der Waals surface area contributed by atoms with Gasteiger partial charge < -0.3 is 20.3 Å². The van der Waals surface area contributed by atoms with Gasteiger partial charge in [0.15, 0.2) is 5.96 Å². The highest BCUT2D eigenvalue weighted by atomic mass is 127. The molecule has 1 aliphatic heterocycles. The third-order valence-corrected chi connectivity index (χ3v) is 6.06. The molecule has 176 valence electrons. The number of halogens is 1. The Kier molecular flexibility index (Phi) is 10.9. The number of benzene rings is 1. The zero-order valence-corrected chi connectivity index (χ0v) is 22.5. The number of aliphatic imine (C=N–C) groups is 1. The molecule has 2 N–H and O–H groups in total. The molecule has 3 rings (SSSR count). The molecular formula is C24H35IN4O2S. The molecule has 1 aromatic carbocycles. The third-order valence-electron chi connectivity index (χ3n) is 5.36. The summed E-state index contributed by atoms with van der Waals surface area (Å²) in [5, 5.41) is 11.0. The first-order valence-electron chi connectivity index (χ1n) is 11.0. The molecule has 0 aliphatic carbocycles. The lowest BCUT2D eigenvalue weighted by molar-refractivity contribution is -0.0586. The largest absolute Gasteiger partial charge is 0.372 e. The van der Waals surface area contributed by atoms with E-state index in [4.69, 9.17) is 9.73 Å². The average Bonchev–Trinajstić information content (AvgIpc) is 3.30. The summed E-state index contributed by atoms with van der Waals surface area (Å²) in [6, 6.07) is 9.94. The SMILES string of the molecule is CCNC(=NCc1ccc(C(=O)N2CC(C)OC(C)C2)cc1)NCC(C)c1ccsc1.I. The van der Waals surface area contributed by atoms with Crippen molar-refractivity contribution in [3.8, 4) is 0 Å². The second-order valence-electron chi connectivity index (χ2n) is 8.20. The van der Waals surface area contributed by atoms with Crippen molar-refractivity contribution in [1.29, 1.82) is 0 Å². The Morgan fingerprint density at radius 1 is 1.19 bits per heavy atom. The summed E-state index contributed by atoms with van der Waals surface area (Å²) in [6.07, 6.45) is 0.140. The number of carbonyl (C=O) groups excluding carboxylic acids is 1. The number of carbonyl (C=O) groups is 1. The Balaban J connectivity index is 0.00000363. The second-order valence-corrected chi connectivity index (χ2v) is 8.98. The number of hydrogen-bond donors (Lipinski definition) is 2. The fourth-order valence-corrected chi connectivity index (χ4v) is 4.50. The summed E-state index contributed by atoms with van der Waals surface area (Å²) in [5.74, 6) is 1.29. The van der Waals surface area contributed by atoms with E-state index in [-0.39, 0.29) is 42.1 Å². The molecule has 1 aromatic heterocycles. The standard InChI is InChI=1S/C24H34N4O2S.HI/c1-5-25-24(26-12-17(2)22-10-11-31-16-22)27-13-20-6-8-21(9-7-20)23(29)28-14-18(3)30-19(4)15-28;/h6-11,16-19H,5,12-15H2,1-4H3,(H2,25,26,27);1H. The average molecular weight is 571 g/mol. The monoisotopic (exact) mass is 570 g/mol. The molecule has 6 nitrogen and oxygen atoms in total. The Labute approximate surface area is 212 Å². The molecule has 3 unspecified atom stereocenters. The number of hydrogen-bond acceptors (Lipinski definition) is 4. The maximum absolute atomic E-state index is 12.8. The van der Waals surface area contributed by atoms with Crippen LogP contribution in [0.25, 0.3) is 0 Å². The maximum atomic E-state index is 12.8. The summed E-state index contributed by atoms with van der Waals surface area (Å²) >= 11 is 1.73. The second kappa shape index (κ2) is 13.2. The van der Waals surface area contributed by atoms with Crippen molar-refractivity contribution in [2.75, 3.05) is 26.2 Å². The van der Waals surface area contributed by atoms with Gasteiger partial charge in [0, 0.05) is 31.7 Å². The van der Waals surface area contributed by atoms with Gasteiger partial charge in [-0.3, -0.25) is 4.79 Å². The van der Waals surface area contributed by atoms with E-state index in [2.05, 4.69) is 41.3 Å². The van der Waals surface area contributed by atoms with Gasteiger partial charge >= 0.3 is 0 Å². The Morgan fingerprint density at radius 2 is 1.88 bits per heavy atom. The van der Waals surface area contributed by atoms with Gasteiger partial charge in [-0.1, -0.05) is 19.1 Å². The smallest absolute Gasteiger partial charge is 0.254 e. The Bertz CT molecular complexity index is 847. The van der Waals surface area contributed by atoms with Crippen LogP contribution in [-0.4, -0.2) is 55.2 Å². The van der Waals surface area contributed by atoms with Gasteiger partial charge in [0.2, 0.25) is 0 Å². The van der Waals surface area contributed by atoms with Gasteiger partial charge in [0.1, 0.15) is 0 Å². The minimum Gasteiger partial charge on any atom is -0.372 e. The highest BCUT2D eigenvalue weighted by Gasteiger charge is 2.26. The predicted octanol–water partition coefficient (Wildman–Crippen LogP) is 4.47. The van der Waals surface area contributed by atoms with Crippen LogP contribution in [0.15, 0.2) is 46.1 Å². The minimum atomic E-state index is 0. The third kappa shape index (κ3) is 7.74. The van der Waals surface area contributed by atoms with Crippen molar-refractivity contribution in [2.24, 2.45) is 4.99 Å². The van der Waals surface area contributed by atoms with Crippen LogP contribution in [0.2, 0.25) is 0 Å². The Hall–Kier alpha value is -1.65. The highest BCUT2D eigenvalue weighted by molar-refractivity contribution is 14.0. The van der Waals surface area contributed by atoms with Crippen LogP contribution in [0.4, 0.5) is 0 Å². The van der Waals surface area contributed by atoms with Crippen LogP contribution in [0.5, 0.6) is 0 Å². The summed E-state index contributed by atoms with van der Waals surface area (Å²) < 4.78 is 5.73. The van der Waals surface area contributed by atoms with E-state index < -0.39 is 0 Å². The molecule has 1 saturated heterocycles.